The maximum atomic E-state index is 13.1. The summed E-state index contributed by atoms with van der Waals surface area (Å²) in [4.78, 5) is 17.3. The number of aromatic nitrogens is 1. The first-order valence-corrected chi connectivity index (χ1v) is 7.77. The van der Waals surface area contributed by atoms with Crippen LogP contribution in [0.1, 0.15) is 17.0 Å². The molecular formula is C20H15N3O. The smallest absolute Gasteiger partial charge is 0.261 e. The predicted octanol–water partition coefficient (Wildman–Crippen LogP) is 3.62. The lowest BCUT2D eigenvalue weighted by atomic mass is 9.90. The van der Waals surface area contributed by atoms with Crippen LogP contribution in [0.4, 0.5) is 5.69 Å². The molecule has 0 saturated heterocycles. The average Bonchev–Trinajstić information content (AvgIpc) is 3.01. The van der Waals surface area contributed by atoms with Gasteiger partial charge in [0.15, 0.2) is 0 Å². The first-order chi connectivity index (χ1) is 11.8. The van der Waals surface area contributed by atoms with Crippen LogP contribution >= 0.6 is 0 Å². The highest BCUT2D eigenvalue weighted by molar-refractivity contribution is 6.25. The number of hydrogen-bond donors (Lipinski definition) is 0. The van der Waals surface area contributed by atoms with Crippen LogP contribution in [0.3, 0.4) is 0 Å². The van der Waals surface area contributed by atoms with E-state index in [1.54, 1.807) is 12.4 Å². The second-order valence-corrected chi connectivity index (χ2v) is 5.56. The van der Waals surface area contributed by atoms with E-state index >= 15 is 0 Å². The number of carbonyl (C=O) groups excluding carboxylic acids is 1. The Morgan fingerprint density at radius 3 is 2.21 bits per heavy atom. The van der Waals surface area contributed by atoms with Crippen molar-refractivity contribution in [2.24, 2.45) is 5.10 Å². The molecule has 0 radical (unpaired) electrons. The molecule has 116 valence electrons. The van der Waals surface area contributed by atoms with Crippen molar-refractivity contribution in [3.63, 3.8) is 0 Å². The molecule has 0 aliphatic carbocycles. The number of pyridine rings is 1. The molecule has 4 heteroatoms. The second-order valence-electron chi connectivity index (χ2n) is 5.56. The van der Waals surface area contributed by atoms with E-state index in [1.165, 1.54) is 5.01 Å². The Bertz CT molecular complexity index is 877. The summed E-state index contributed by atoms with van der Waals surface area (Å²) >= 11 is 0. The predicted molar refractivity (Wildman–Crippen MR) is 93.9 cm³/mol. The number of benzene rings is 2. The summed E-state index contributed by atoms with van der Waals surface area (Å²) in [5, 5.41) is 6.11. The summed E-state index contributed by atoms with van der Waals surface area (Å²) in [5.41, 5.74) is 3.28. The number of para-hydroxylation sites is 1. The molecule has 0 bridgehead atoms. The number of carbonyl (C=O) groups is 1. The minimum atomic E-state index is -0.421. The molecule has 1 unspecified atom stereocenters. The molecule has 1 aliphatic heterocycles. The second kappa shape index (κ2) is 6.08. The van der Waals surface area contributed by atoms with E-state index in [4.69, 9.17) is 0 Å². The molecule has 2 aromatic carbocycles. The number of hydrazone groups is 1. The lowest BCUT2D eigenvalue weighted by molar-refractivity contribution is -0.118. The van der Waals surface area contributed by atoms with Gasteiger partial charge in [-0.3, -0.25) is 9.78 Å². The minimum Gasteiger partial charge on any atom is -0.271 e. The molecule has 0 fully saturated rings. The molecular weight excluding hydrogens is 298 g/mol. The van der Waals surface area contributed by atoms with E-state index in [-0.39, 0.29) is 5.91 Å². The van der Waals surface area contributed by atoms with Gasteiger partial charge in [0, 0.05) is 18.0 Å². The van der Waals surface area contributed by atoms with Crippen molar-refractivity contribution < 1.29 is 4.79 Å². The zero-order valence-corrected chi connectivity index (χ0v) is 12.9. The fraction of sp³-hybridized carbons (Fsp3) is 0.0500. The van der Waals surface area contributed by atoms with Gasteiger partial charge in [-0.05, 0) is 29.8 Å². The molecule has 4 nitrogen and oxygen atoms in total. The molecule has 1 aromatic heterocycles. The Kier molecular flexibility index (Phi) is 3.63. The lowest BCUT2D eigenvalue weighted by Gasteiger charge is -2.14. The van der Waals surface area contributed by atoms with Crippen molar-refractivity contribution >= 4 is 17.3 Å². The summed E-state index contributed by atoms with van der Waals surface area (Å²) in [5.74, 6) is -0.471. The zero-order valence-electron chi connectivity index (χ0n) is 12.9. The minimum absolute atomic E-state index is 0.0498. The molecule has 3 aromatic rings. The average molecular weight is 313 g/mol. The van der Waals surface area contributed by atoms with Crippen molar-refractivity contribution in [1.82, 2.24) is 4.98 Å². The van der Waals surface area contributed by atoms with Gasteiger partial charge in [0.25, 0.3) is 5.91 Å². The topological polar surface area (TPSA) is 45.6 Å². The van der Waals surface area contributed by atoms with E-state index in [9.17, 15) is 4.79 Å². The van der Waals surface area contributed by atoms with E-state index in [2.05, 4.69) is 10.1 Å². The molecule has 0 spiro atoms. The van der Waals surface area contributed by atoms with Crippen LogP contribution in [-0.4, -0.2) is 16.6 Å². The van der Waals surface area contributed by atoms with Crippen LogP contribution in [0.25, 0.3) is 0 Å². The fourth-order valence-corrected chi connectivity index (χ4v) is 2.89. The van der Waals surface area contributed by atoms with Gasteiger partial charge in [-0.1, -0.05) is 48.5 Å². The quantitative estimate of drug-likeness (QED) is 0.741. The Hall–Kier alpha value is -3.27. The summed E-state index contributed by atoms with van der Waals surface area (Å²) < 4.78 is 0. The van der Waals surface area contributed by atoms with Crippen molar-refractivity contribution in [3.8, 4) is 0 Å². The largest absolute Gasteiger partial charge is 0.271 e. The maximum Gasteiger partial charge on any atom is 0.261 e. The fourth-order valence-electron chi connectivity index (χ4n) is 2.89. The standard InChI is InChI=1S/C20H15N3O/c24-20-18(15-8-3-1-4-9-15)19(16-10-7-13-21-14-16)22-23(20)17-11-5-2-6-12-17/h1-14,18H. The molecule has 1 amide bonds. The monoisotopic (exact) mass is 313 g/mol. The van der Waals surface area contributed by atoms with Gasteiger partial charge in [-0.2, -0.15) is 10.1 Å². The Morgan fingerprint density at radius 1 is 0.833 bits per heavy atom. The molecule has 2 heterocycles. The Morgan fingerprint density at radius 2 is 1.54 bits per heavy atom. The highest BCUT2D eigenvalue weighted by Gasteiger charge is 2.38. The molecule has 0 N–H and O–H groups in total. The van der Waals surface area contributed by atoms with Gasteiger partial charge >= 0.3 is 0 Å². The number of hydrogen-bond acceptors (Lipinski definition) is 3. The van der Waals surface area contributed by atoms with Crippen LogP contribution in [-0.2, 0) is 4.79 Å². The van der Waals surface area contributed by atoms with Crippen molar-refractivity contribution in [2.45, 2.75) is 5.92 Å². The highest BCUT2D eigenvalue weighted by Crippen LogP contribution is 2.32. The van der Waals surface area contributed by atoms with Gasteiger partial charge < -0.3 is 0 Å². The van der Waals surface area contributed by atoms with Crippen molar-refractivity contribution in [1.29, 1.82) is 0 Å². The van der Waals surface area contributed by atoms with Crippen LogP contribution in [0.5, 0.6) is 0 Å². The molecule has 1 atom stereocenters. The Balaban J connectivity index is 1.83. The van der Waals surface area contributed by atoms with E-state index in [0.29, 0.717) is 0 Å². The van der Waals surface area contributed by atoms with E-state index in [0.717, 1.165) is 22.5 Å². The summed E-state index contributed by atoms with van der Waals surface area (Å²) in [6.45, 7) is 0. The van der Waals surface area contributed by atoms with Crippen molar-refractivity contribution in [3.05, 3.63) is 96.3 Å². The molecule has 0 saturated carbocycles. The van der Waals surface area contributed by atoms with Gasteiger partial charge in [0.2, 0.25) is 0 Å². The van der Waals surface area contributed by atoms with Crippen LogP contribution < -0.4 is 5.01 Å². The third-order valence-electron chi connectivity index (χ3n) is 4.03. The Labute approximate surface area is 140 Å². The molecule has 1 aliphatic rings. The van der Waals surface area contributed by atoms with E-state index in [1.807, 2.05) is 72.8 Å². The number of anilines is 1. The summed E-state index contributed by atoms with van der Waals surface area (Å²) in [7, 11) is 0. The van der Waals surface area contributed by atoms with Crippen molar-refractivity contribution in [2.75, 3.05) is 5.01 Å². The van der Waals surface area contributed by atoms with E-state index < -0.39 is 5.92 Å². The summed E-state index contributed by atoms with van der Waals surface area (Å²) in [6, 6.07) is 23.0. The summed E-state index contributed by atoms with van der Waals surface area (Å²) in [6.07, 6.45) is 3.46. The lowest BCUT2D eigenvalue weighted by Crippen LogP contribution is -2.26. The van der Waals surface area contributed by atoms with Gasteiger partial charge in [-0.25, -0.2) is 0 Å². The van der Waals surface area contributed by atoms with Crippen LogP contribution in [0, 0.1) is 0 Å². The van der Waals surface area contributed by atoms with Crippen LogP contribution in [0.2, 0.25) is 0 Å². The zero-order chi connectivity index (χ0) is 16.4. The van der Waals surface area contributed by atoms with Crippen LogP contribution in [0.15, 0.2) is 90.3 Å². The maximum absolute atomic E-state index is 13.1. The molecule has 4 rings (SSSR count). The number of amides is 1. The third-order valence-corrected chi connectivity index (χ3v) is 4.03. The van der Waals surface area contributed by atoms with Gasteiger partial charge in [0.1, 0.15) is 5.92 Å². The van der Waals surface area contributed by atoms with Gasteiger partial charge in [0.05, 0.1) is 11.4 Å². The van der Waals surface area contributed by atoms with Gasteiger partial charge in [-0.15, -0.1) is 0 Å². The first kappa shape index (κ1) is 14.3. The molecule has 24 heavy (non-hydrogen) atoms. The third kappa shape index (κ3) is 2.48. The first-order valence-electron chi connectivity index (χ1n) is 7.77. The normalized spacial score (nSPS) is 17.0. The number of nitrogens with zero attached hydrogens (tertiary/aromatic N) is 3. The highest BCUT2D eigenvalue weighted by atomic mass is 16.2. The SMILES string of the molecule is O=C1C(c2ccccc2)C(c2cccnc2)=NN1c1ccccc1. The number of rotatable bonds is 3.